The van der Waals surface area contributed by atoms with E-state index in [-0.39, 0.29) is 12.1 Å². The van der Waals surface area contributed by atoms with Crippen LogP contribution in [0, 0.1) is 0 Å². The normalized spacial score (nSPS) is 16.2. The first-order valence-electron chi connectivity index (χ1n) is 7.42. The van der Waals surface area contributed by atoms with Crippen LogP contribution < -0.4 is 10.1 Å². The minimum Gasteiger partial charge on any atom is -0.496 e. The first kappa shape index (κ1) is 15.4. The van der Waals surface area contributed by atoms with Crippen molar-refractivity contribution in [2.45, 2.75) is 32.7 Å². The van der Waals surface area contributed by atoms with Gasteiger partial charge in [0.05, 0.1) is 13.2 Å². The Balaban J connectivity index is 2.09. The minimum absolute atomic E-state index is 0.0267. The maximum Gasteiger partial charge on any atom is 0.318 e. The fourth-order valence-corrected chi connectivity index (χ4v) is 2.86. The molecule has 21 heavy (non-hydrogen) atoms. The van der Waals surface area contributed by atoms with E-state index in [1.807, 2.05) is 26.0 Å². The van der Waals surface area contributed by atoms with E-state index in [4.69, 9.17) is 4.74 Å². The van der Waals surface area contributed by atoms with Gasteiger partial charge in [0, 0.05) is 13.1 Å². The Kier molecular flexibility index (Phi) is 4.89. The van der Waals surface area contributed by atoms with Gasteiger partial charge < -0.3 is 15.0 Å². The van der Waals surface area contributed by atoms with E-state index in [1.165, 1.54) is 11.1 Å². The Morgan fingerprint density at radius 2 is 2.29 bits per heavy atom. The van der Waals surface area contributed by atoms with Crippen LogP contribution in [0.2, 0.25) is 0 Å². The predicted octanol–water partition coefficient (Wildman–Crippen LogP) is 3.29. The molecule has 0 bridgehead atoms. The number of urea groups is 1. The Morgan fingerprint density at radius 3 is 2.90 bits per heavy atom. The van der Waals surface area contributed by atoms with E-state index in [1.54, 1.807) is 12.0 Å². The molecule has 2 amide bonds. The van der Waals surface area contributed by atoms with Crippen molar-refractivity contribution in [2.24, 2.45) is 0 Å². The zero-order valence-corrected chi connectivity index (χ0v) is 13.1. The van der Waals surface area contributed by atoms with E-state index in [9.17, 15) is 4.79 Å². The fourth-order valence-electron chi connectivity index (χ4n) is 2.86. The number of carbonyl (C=O) groups is 1. The number of nitrogens with one attached hydrogen (secondary N) is 1. The van der Waals surface area contributed by atoms with Crippen molar-refractivity contribution in [1.82, 2.24) is 10.2 Å². The lowest BCUT2D eigenvalue weighted by atomic mass is 10.1. The average molecular weight is 288 g/mol. The lowest BCUT2D eigenvalue weighted by Crippen LogP contribution is -2.41. The molecule has 1 atom stereocenters. The molecule has 0 fully saturated rings. The number of rotatable bonds is 5. The maximum absolute atomic E-state index is 12.4. The third-order valence-corrected chi connectivity index (χ3v) is 3.88. The van der Waals surface area contributed by atoms with Gasteiger partial charge in [-0.25, -0.2) is 4.79 Å². The van der Waals surface area contributed by atoms with Crippen LogP contribution in [-0.4, -0.2) is 31.1 Å². The number of amides is 2. The highest BCUT2D eigenvalue weighted by atomic mass is 16.5. The quantitative estimate of drug-likeness (QED) is 0.845. The summed E-state index contributed by atoms with van der Waals surface area (Å²) in [6, 6.07) is 6.07. The molecule has 0 radical (unpaired) electrons. The van der Waals surface area contributed by atoms with Gasteiger partial charge >= 0.3 is 6.03 Å². The molecule has 0 aromatic heterocycles. The van der Waals surface area contributed by atoms with Gasteiger partial charge in [-0.1, -0.05) is 24.3 Å². The van der Waals surface area contributed by atoms with Gasteiger partial charge in [-0.3, -0.25) is 0 Å². The number of hydrogen-bond acceptors (Lipinski definition) is 2. The number of likely N-dealkylation sites (N-methyl/N-ethyl adjacent to an activating group) is 1. The second-order valence-corrected chi connectivity index (χ2v) is 5.54. The van der Waals surface area contributed by atoms with Gasteiger partial charge in [-0.2, -0.15) is 0 Å². The van der Waals surface area contributed by atoms with Crippen LogP contribution in [0.25, 0.3) is 0 Å². The van der Waals surface area contributed by atoms with Crippen molar-refractivity contribution in [2.75, 3.05) is 20.2 Å². The lowest BCUT2D eigenvalue weighted by molar-refractivity contribution is 0.200. The molecule has 0 saturated heterocycles. The SMILES string of the molecule is C=C(C)CN(CC)C(=O)NC1CCc2c(OC)cccc21. The number of ether oxygens (including phenoxy) is 1. The van der Waals surface area contributed by atoms with E-state index in [0.717, 1.165) is 24.2 Å². The summed E-state index contributed by atoms with van der Waals surface area (Å²) in [5.74, 6) is 0.915. The number of fused-ring (bicyclic) bond motifs is 1. The summed E-state index contributed by atoms with van der Waals surface area (Å²) in [6.07, 6.45) is 1.86. The molecule has 4 heteroatoms. The molecule has 0 aliphatic heterocycles. The minimum atomic E-state index is -0.0267. The summed E-state index contributed by atoms with van der Waals surface area (Å²) in [5, 5.41) is 3.13. The third-order valence-electron chi connectivity index (χ3n) is 3.88. The third kappa shape index (κ3) is 3.38. The Bertz CT molecular complexity index is 540. The molecule has 0 heterocycles. The van der Waals surface area contributed by atoms with E-state index in [0.29, 0.717) is 13.1 Å². The molecule has 0 saturated carbocycles. The second-order valence-electron chi connectivity index (χ2n) is 5.54. The Labute approximate surface area is 126 Å². The monoisotopic (exact) mass is 288 g/mol. The molecule has 1 unspecified atom stereocenters. The molecule has 1 aliphatic rings. The zero-order chi connectivity index (χ0) is 15.4. The van der Waals surface area contributed by atoms with Crippen LogP contribution >= 0.6 is 0 Å². The molecule has 1 aromatic carbocycles. The number of nitrogens with zero attached hydrogens (tertiary/aromatic N) is 1. The molecular formula is C17H24N2O2. The highest BCUT2D eigenvalue weighted by Gasteiger charge is 2.27. The molecule has 2 rings (SSSR count). The molecule has 1 aromatic rings. The summed E-state index contributed by atoms with van der Waals surface area (Å²) in [6.45, 7) is 9.07. The molecule has 114 valence electrons. The van der Waals surface area contributed by atoms with Crippen LogP contribution in [0.3, 0.4) is 0 Å². The van der Waals surface area contributed by atoms with Gasteiger partial charge in [-0.15, -0.1) is 0 Å². The summed E-state index contributed by atoms with van der Waals surface area (Å²) in [7, 11) is 1.69. The molecular weight excluding hydrogens is 264 g/mol. The Hall–Kier alpha value is -1.97. The first-order valence-corrected chi connectivity index (χ1v) is 7.42. The summed E-state index contributed by atoms with van der Waals surface area (Å²) in [5.41, 5.74) is 3.38. The van der Waals surface area contributed by atoms with Crippen molar-refractivity contribution in [3.8, 4) is 5.75 Å². The standard InChI is InChI=1S/C17H24N2O2/c1-5-19(11-12(2)3)17(20)18-15-10-9-14-13(15)7-6-8-16(14)21-4/h6-8,15H,2,5,9-11H2,1,3-4H3,(H,18,20). The van der Waals surface area contributed by atoms with E-state index >= 15 is 0 Å². The highest BCUT2D eigenvalue weighted by Crippen LogP contribution is 2.36. The van der Waals surface area contributed by atoms with Crippen molar-refractivity contribution in [3.05, 3.63) is 41.5 Å². The van der Waals surface area contributed by atoms with E-state index < -0.39 is 0 Å². The second kappa shape index (κ2) is 6.66. The average Bonchev–Trinajstić information content (AvgIpc) is 2.87. The smallest absolute Gasteiger partial charge is 0.318 e. The van der Waals surface area contributed by atoms with Crippen LogP contribution in [-0.2, 0) is 6.42 Å². The van der Waals surface area contributed by atoms with Crippen LogP contribution in [0.4, 0.5) is 4.79 Å². The zero-order valence-electron chi connectivity index (χ0n) is 13.1. The summed E-state index contributed by atoms with van der Waals surface area (Å²) >= 11 is 0. The van der Waals surface area contributed by atoms with Crippen molar-refractivity contribution in [1.29, 1.82) is 0 Å². The topological polar surface area (TPSA) is 41.6 Å². The number of hydrogen-bond donors (Lipinski definition) is 1. The van der Waals surface area contributed by atoms with Crippen molar-refractivity contribution >= 4 is 6.03 Å². The van der Waals surface area contributed by atoms with Crippen molar-refractivity contribution in [3.63, 3.8) is 0 Å². The number of methoxy groups -OCH3 is 1. The van der Waals surface area contributed by atoms with Crippen LogP contribution in [0.5, 0.6) is 5.75 Å². The summed E-state index contributed by atoms with van der Waals surface area (Å²) in [4.78, 5) is 14.2. The van der Waals surface area contributed by atoms with Gasteiger partial charge in [-0.05, 0) is 43.9 Å². The van der Waals surface area contributed by atoms with Crippen LogP contribution in [0.1, 0.15) is 37.4 Å². The lowest BCUT2D eigenvalue weighted by Gasteiger charge is -2.24. The fraction of sp³-hybridized carbons (Fsp3) is 0.471. The van der Waals surface area contributed by atoms with Gasteiger partial charge in [0.15, 0.2) is 0 Å². The number of carbonyl (C=O) groups excluding carboxylic acids is 1. The molecule has 0 spiro atoms. The largest absolute Gasteiger partial charge is 0.496 e. The Morgan fingerprint density at radius 1 is 1.52 bits per heavy atom. The predicted molar refractivity (Wildman–Crippen MR) is 84.6 cm³/mol. The van der Waals surface area contributed by atoms with Crippen molar-refractivity contribution < 1.29 is 9.53 Å². The van der Waals surface area contributed by atoms with E-state index in [2.05, 4.69) is 18.0 Å². The first-order chi connectivity index (χ1) is 10.1. The highest BCUT2D eigenvalue weighted by molar-refractivity contribution is 5.75. The summed E-state index contributed by atoms with van der Waals surface area (Å²) < 4.78 is 5.40. The maximum atomic E-state index is 12.4. The molecule has 1 aliphatic carbocycles. The van der Waals surface area contributed by atoms with Gasteiger partial charge in [0.1, 0.15) is 5.75 Å². The van der Waals surface area contributed by atoms with Crippen LogP contribution in [0.15, 0.2) is 30.4 Å². The molecule has 4 nitrogen and oxygen atoms in total. The van der Waals surface area contributed by atoms with Gasteiger partial charge in [0.25, 0.3) is 0 Å². The van der Waals surface area contributed by atoms with Gasteiger partial charge in [0.2, 0.25) is 0 Å². The number of benzene rings is 1. The molecule has 1 N–H and O–H groups in total.